The summed E-state index contributed by atoms with van der Waals surface area (Å²) in [6.07, 6.45) is 0. The van der Waals surface area contributed by atoms with Crippen LogP contribution in [-0.4, -0.2) is 51.9 Å². The Balaban J connectivity index is 2.01. The number of nitrogens with zero attached hydrogens (tertiary/aromatic N) is 2. The summed E-state index contributed by atoms with van der Waals surface area (Å²) < 4.78 is 34.4. The van der Waals surface area contributed by atoms with Gasteiger partial charge in [0, 0.05) is 18.1 Å². The number of sulfonamides is 1. The molecule has 0 radical (unpaired) electrons. The van der Waals surface area contributed by atoms with Crippen LogP contribution < -0.4 is 14.4 Å². The maximum Gasteiger partial charge on any atom is 0.264 e. The smallest absolute Gasteiger partial charge is 0.264 e. The van der Waals surface area contributed by atoms with Crippen LogP contribution in [0.15, 0.2) is 82.2 Å². The maximum absolute atomic E-state index is 13.7. The third kappa shape index (κ3) is 6.90. The summed E-state index contributed by atoms with van der Waals surface area (Å²) in [7, 11) is -1.05. The predicted molar refractivity (Wildman–Crippen MR) is 147 cm³/mol. The predicted octanol–water partition coefficient (Wildman–Crippen LogP) is 4.12. The average Bonchev–Trinajstić information content (AvgIpc) is 2.89. The minimum absolute atomic E-state index is 0.0620. The molecule has 0 heterocycles. The lowest BCUT2D eigenvalue weighted by Crippen LogP contribution is -2.50. The van der Waals surface area contributed by atoms with Gasteiger partial charge in [-0.05, 0) is 61.9 Å². The summed E-state index contributed by atoms with van der Waals surface area (Å²) in [4.78, 5) is 27.7. The maximum atomic E-state index is 13.7. The Morgan fingerprint density at radius 3 is 2.24 bits per heavy atom. The summed E-state index contributed by atoms with van der Waals surface area (Å²) in [5, 5.41) is 2.57. The number of benzene rings is 3. The molecule has 0 aliphatic carbocycles. The van der Waals surface area contributed by atoms with Crippen molar-refractivity contribution in [2.24, 2.45) is 0 Å². The number of carbonyl (C=O) groups is 2. The lowest BCUT2D eigenvalue weighted by Gasteiger charge is -2.31. The highest BCUT2D eigenvalue weighted by Gasteiger charge is 2.32. The molecule has 10 heteroatoms. The summed E-state index contributed by atoms with van der Waals surface area (Å²) in [6.45, 7) is 3.08. The summed E-state index contributed by atoms with van der Waals surface area (Å²) in [5.41, 5.74) is 2.00. The number of anilines is 1. The SMILES string of the molecule is CNC(=O)C(C)N(Cc1ccc(OC)cc1)C(=O)CN(c1cccc(Br)c1)S(=O)(=O)c1ccc(C)cc1. The first-order valence-electron chi connectivity index (χ1n) is 11.6. The Kier molecular flexibility index (Phi) is 9.34. The highest BCUT2D eigenvalue weighted by Crippen LogP contribution is 2.27. The number of likely N-dealkylation sites (N-methyl/N-ethyl adjacent to an activating group) is 1. The topological polar surface area (TPSA) is 96.0 Å². The van der Waals surface area contributed by atoms with Gasteiger partial charge >= 0.3 is 0 Å². The molecule has 0 spiro atoms. The van der Waals surface area contributed by atoms with Gasteiger partial charge in [-0.3, -0.25) is 13.9 Å². The minimum Gasteiger partial charge on any atom is -0.497 e. The van der Waals surface area contributed by atoms with Crippen molar-refractivity contribution in [3.8, 4) is 5.75 Å². The third-order valence-electron chi connectivity index (χ3n) is 5.91. The third-order valence-corrected chi connectivity index (χ3v) is 8.19. The molecule has 1 unspecified atom stereocenters. The number of aryl methyl sites for hydroxylation is 1. The van der Waals surface area contributed by atoms with Crippen LogP contribution >= 0.6 is 15.9 Å². The van der Waals surface area contributed by atoms with Crippen LogP contribution in [0.25, 0.3) is 0 Å². The zero-order valence-corrected chi connectivity index (χ0v) is 23.5. The van der Waals surface area contributed by atoms with Gasteiger partial charge in [0.1, 0.15) is 18.3 Å². The van der Waals surface area contributed by atoms with Gasteiger partial charge in [0.15, 0.2) is 0 Å². The monoisotopic (exact) mass is 587 g/mol. The van der Waals surface area contributed by atoms with E-state index >= 15 is 0 Å². The summed E-state index contributed by atoms with van der Waals surface area (Å²) in [5.74, 6) is -0.231. The Morgan fingerprint density at radius 1 is 1.03 bits per heavy atom. The molecule has 0 aliphatic rings. The fourth-order valence-electron chi connectivity index (χ4n) is 3.72. The van der Waals surface area contributed by atoms with Crippen molar-refractivity contribution in [2.45, 2.75) is 31.3 Å². The highest BCUT2D eigenvalue weighted by molar-refractivity contribution is 9.10. The van der Waals surface area contributed by atoms with Crippen molar-refractivity contribution in [3.63, 3.8) is 0 Å². The van der Waals surface area contributed by atoms with Crippen LogP contribution in [0.1, 0.15) is 18.1 Å². The molecule has 1 atom stereocenters. The Labute approximate surface area is 226 Å². The molecule has 1 N–H and O–H groups in total. The highest BCUT2D eigenvalue weighted by atomic mass is 79.9. The standard InChI is InChI=1S/C27H30BrN3O5S/c1-19-8-14-25(15-9-19)37(34,35)31(23-7-5-6-22(28)16-23)18-26(32)30(20(2)27(33)29-3)17-21-10-12-24(36-4)13-11-21/h5-16,20H,17-18H2,1-4H3,(H,29,33). The van der Waals surface area contributed by atoms with E-state index in [1.807, 2.05) is 6.92 Å². The zero-order chi connectivity index (χ0) is 27.2. The first-order valence-corrected chi connectivity index (χ1v) is 13.8. The average molecular weight is 589 g/mol. The number of ether oxygens (including phenoxy) is 1. The lowest BCUT2D eigenvalue weighted by atomic mass is 10.1. The number of rotatable bonds is 10. The molecule has 3 aromatic rings. The number of nitrogens with one attached hydrogen (secondary N) is 1. The van der Waals surface area contributed by atoms with Gasteiger partial charge in [0.2, 0.25) is 11.8 Å². The minimum atomic E-state index is -4.10. The Hall–Kier alpha value is -3.37. The molecule has 0 aromatic heterocycles. The fourth-order valence-corrected chi connectivity index (χ4v) is 5.51. The molecule has 0 aliphatic heterocycles. The number of hydrogen-bond donors (Lipinski definition) is 1. The number of carbonyl (C=O) groups excluding carboxylic acids is 2. The quantitative estimate of drug-likeness (QED) is 0.385. The van der Waals surface area contributed by atoms with Crippen LogP contribution in [0, 0.1) is 6.92 Å². The Morgan fingerprint density at radius 2 is 1.68 bits per heavy atom. The van der Waals surface area contributed by atoms with Crippen molar-refractivity contribution in [2.75, 3.05) is 25.0 Å². The van der Waals surface area contributed by atoms with Crippen molar-refractivity contribution < 1.29 is 22.7 Å². The van der Waals surface area contributed by atoms with E-state index in [4.69, 9.17) is 4.74 Å². The van der Waals surface area contributed by atoms with Crippen molar-refractivity contribution in [1.82, 2.24) is 10.2 Å². The lowest BCUT2D eigenvalue weighted by molar-refractivity contribution is -0.139. The van der Waals surface area contributed by atoms with E-state index in [2.05, 4.69) is 21.2 Å². The van der Waals surface area contributed by atoms with E-state index in [9.17, 15) is 18.0 Å². The van der Waals surface area contributed by atoms with E-state index in [0.717, 1.165) is 15.4 Å². The molecular formula is C27H30BrN3O5S. The number of amides is 2. The van der Waals surface area contributed by atoms with Crippen LogP contribution in [0.3, 0.4) is 0 Å². The largest absolute Gasteiger partial charge is 0.497 e. The number of hydrogen-bond acceptors (Lipinski definition) is 5. The molecular weight excluding hydrogens is 558 g/mol. The molecule has 2 amide bonds. The van der Waals surface area contributed by atoms with E-state index in [1.54, 1.807) is 74.7 Å². The van der Waals surface area contributed by atoms with E-state index in [0.29, 0.717) is 15.9 Å². The molecule has 196 valence electrons. The fraction of sp³-hybridized carbons (Fsp3) is 0.259. The van der Waals surface area contributed by atoms with E-state index in [1.165, 1.54) is 24.1 Å². The van der Waals surface area contributed by atoms with E-state index < -0.39 is 28.5 Å². The summed E-state index contributed by atoms with van der Waals surface area (Å²) in [6, 6.07) is 19.4. The van der Waals surface area contributed by atoms with Gasteiger partial charge in [-0.15, -0.1) is 0 Å². The van der Waals surface area contributed by atoms with Gasteiger partial charge in [-0.2, -0.15) is 0 Å². The molecule has 0 saturated heterocycles. The first kappa shape index (κ1) is 28.2. The van der Waals surface area contributed by atoms with Crippen LogP contribution in [0.2, 0.25) is 0 Å². The van der Waals surface area contributed by atoms with Crippen LogP contribution in [0.5, 0.6) is 5.75 Å². The van der Waals surface area contributed by atoms with Crippen LogP contribution in [-0.2, 0) is 26.2 Å². The van der Waals surface area contributed by atoms with Crippen molar-refractivity contribution >= 4 is 43.5 Å². The molecule has 3 aromatic carbocycles. The second-order valence-electron chi connectivity index (χ2n) is 8.46. The Bertz CT molecular complexity index is 1350. The van der Waals surface area contributed by atoms with Gasteiger partial charge in [-0.25, -0.2) is 8.42 Å². The molecule has 0 bridgehead atoms. The second-order valence-corrected chi connectivity index (χ2v) is 11.2. The first-order chi connectivity index (χ1) is 17.6. The molecule has 37 heavy (non-hydrogen) atoms. The van der Waals surface area contributed by atoms with E-state index in [-0.39, 0.29) is 17.3 Å². The zero-order valence-electron chi connectivity index (χ0n) is 21.1. The van der Waals surface area contributed by atoms with Gasteiger partial charge in [0.05, 0.1) is 17.7 Å². The van der Waals surface area contributed by atoms with Gasteiger partial charge in [-0.1, -0.05) is 51.8 Å². The van der Waals surface area contributed by atoms with Crippen molar-refractivity contribution in [3.05, 3.63) is 88.4 Å². The normalized spacial score (nSPS) is 11.9. The van der Waals surface area contributed by atoms with Gasteiger partial charge in [0.25, 0.3) is 10.0 Å². The van der Waals surface area contributed by atoms with Crippen molar-refractivity contribution in [1.29, 1.82) is 0 Å². The second kappa shape index (κ2) is 12.2. The van der Waals surface area contributed by atoms with Crippen LogP contribution in [0.4, 0.5) is 5.69 Å². The number of halogens is 1. The molecule has 0 saturated carbocycles. The van der Waals surface area contributed by atoms with Gasteiger partial charge < -0.3 is 15.0 Å². The summed E-state index contributed by atoms with van der Waals surface area (Å²) >= 11 is 3.39. The molecule has 0 fully saturated rings. The molecule has 3 rings (SSSR count). The molecule has 8 nitrogen and oxygen atoms in total. The number of methoxy groups -OCH3 is 1.